The molecular formula is C9H17NO3. The summed E-state index contributed by atoms with van der Waals surface area (Å²) in [5, 5.41) is 11.7. The van der Waals surface area contributed by atoms with Crippen LogP contribution in [0, 0.1) is 0 Å². The third-order valence-corrected chi connectivity index (χ3v) is 1.82. The summed E-state index contributed by atoms with van der Waals surface area (Å²) in [5.74, 6) is -0.357. The van der Waals surface area contributed by atoms with Crippen molar-refractivity contribution in [2.45, 2.75) is 45.8 Å². The fourth-order valence-corrected chi connectivity index (χ4v) is 0.966. The van der Waals surface area contributed by atoms with Crippen LogP contribution in [-0.2, 0) is 9.59 Å². The van der Waals surface area contributed by atoms with Gasteiger partial charge >= 0.3 is 0 Å². The van der Waals surface area contributed by atoms with E-state index in [1.807, 2.05) is 0 Å². The van der Waals surface area contributed by atoms with E-state index in [1.54, 1.807) is 13.8 Å². The number of aliphatic hydroxyl groups is 1. The number of carbonyl (C=O) groups is 2. The summed E-state index contributed by atoms with van der Waals surface area (Å²) in [5.41, 5.74) is 0. The van der Waals surface area contributed by atoms with Crippen molar-refractivity contribution in [3.8, 4) is 0 Å². The highest BCUT2D eigenvalue weighted by Gasteiger charge is 2.22. The van der Waals surface area contributed by atoms with Gasteiger partial charge in [-0.05, 0) is 6.92 Å². The van der Waals surface area contributed by atoms with Gasteiger partial charge in [0.15, 0.2) is 5.78 Å². The minimum Gasteiger partial charge on any atom is -0.391 e. The van der Waals surface area contributed by atoms with Gasteiger partial charge in [0, 0.05) is 12.8 Å². The molecule has 2 atom stereocenters. The van der Waals surface area contributed by atoms with Crippen molar-refractivity contribution in [1.82, 2.24) is 5.32 Å². The first kappa shape index (κ1) is 12.1. The molecule has 0 bridgehead atoms. The van der Waals surface area contributed by atoms with Gasteiger partial charge in [0.1, 0.15) is 6.04 Å². The summed E-state index contributed by atoms with van der Waals surface area (Å²) in [4.78, 5) is 22.2. The highest BCUT2D eigenvalue weighted by atomic mass is 16.3. The van der Waals surface area contributed by atoms with Crippen molar-refractivity contribution in [3.63, 3.8) is 0 Å². The smallest absolute Gasteiger partial charge is 0.220 e. The number of nitrogens with one attached hydrogen (secondary N) is 1. The predicted molar refractivity (Wildman–Crippen MR) is 49.2 cm³/mol. The molecule has 1 amide bonds. The van der Waals surface area contributed by atoms with Crippen molar-refractivity contribution in [1.29, 1.82) is 0 Å². The second-order valence-corrected chi connectivity index (χ2v) is 2.96. The lowest BCUT2D eigenvalue weighted by Gasteiger charge is -2.19. The molecule has 13 heavy (non-hydrogen) atoms. The summed E-state index contributed by atoms with van der Waals surface area (Å²) < 4.78 is 0. The monoisotopic (exact) mass is 187 g/mol. The first-order valence-corrected chi connectivity index (χ1v) is 4.53. The van der Waals surface area contributed by atoms with Gasteiger partial charge in [-0.3, -0.25) is 9.59 Å². The minimum atomic E-state index is -0.831. The zero-order valence-electron chi connectivity index (χ0n) is 8.33. The van der Waals surface area contributed by atoms with Crippen molar-refractivity contribution < 1.29 is 14.7 Å². The largest absolute Gasteiger partial charge is 0.391 e. The standard InChI is InChI=1S/C9H17NO3/c1-4-7(12)9(6(3)11)10-8(13)5-2/h6,9,11H,4-5H2,1-3H3,(H,10,13)/t6?,9-/m0/s1. The van der Waals surface area contributed by atoms with E-state index in [0.29, 0.717) is 12.8 Å². The summed E-state index contributed by atoms with van der Waals surface area (Å²) in [6.07, 6.45) is -0.192. The number of hydrogen-bond acceptors (Lipinski definition) is 3. The molecule has 0 aliphatic heterocycles. The third-order valence-electron chi connectivity index (χ3n) is 1.82. The van der Waals surface area contributed by atoms with Gasteiger partial charge in [-0.1, -0.05) is 13.8 Å². The number of aliphatic hydroxyl groups excluding tert-OH is 1. The van der Waals surface area contributed by atoms with Gasteiger partial charge in [-0.15, -0.1) is 0 Å². The fourth-order valence-electron chi connectivity index (χ4n) is 0.966. The molecule has 0 saturated carbocycles. The van der Waals surface area contributed by atoms with Gasteiger partial charge in [-0.2, -0.15) is 0 Å². The molecule has 0 aromatic heterocycles. The lowest BCUT2D eigenvalue weighted by Crippen LogP contribution is -2.47. The Labute approximate surface area is 78.3 Å². The van der Waals surface area contributed by atoms with E-state index in [2.05, 4.69) is 5.32 Å². The highest BCUT2D eigenvalue weighted by Crippen LogP contribution is 1.98. The zero-order chi connectivity index (χ0) is 10.4. The van der Waals surface area contributed by atoms with Crippen LogP contribution in [0.25, 0.3) is 0 Å². The van der Waals surface area contributed by atoms with Crippen LogP contribution in [0.4, 0.5) is 0 Å². The number of amides is 1. The third kappa shape index (κ3) is 4.03. The maximum atomic E-state index is 11.2. The molecule has 2 N–H and O–H groups in total. The first-order valence-electron chi connectivity index (χ1n) is 4.53. The normalized spacial score (nSPS) is 14.8. The first-order chi connectivity index (χ1) is 6.02. The lowest BCUT2D eigenvalue weighted by atomic mass is 10.1. The van der Waals surface area contributed by atoms with Crippen LogP contribution in [0.1, 0.15) is 33.6 Å². The Bertz CT molecular complexity index is 189. The molecule has 0 aliphatic carbocycles. The molecule has 0 spiro atoms. The molecule has 0 radical (unpaired) electrons. The Morgan fingerprint density at radius 2 is 1.85 bits per heavy atom. The number of carbonyl (C=O) groups excluding carboxylic acids is 2. The molecule has 0 aromatic carbocycles. The molecule has 0 rings (SSSR count). The van der Waals surface area contributed by atoms with Crippen LogP contribution in [0.3, 0.4) is 0 Å². The second-order valence-electron chi connectivity index (χ2n) is 2.96. The van der Waals surface area contributed by atoms with Gasteiger partial charge in [0.05, 0.1) is 6.10 Å². The quantitative estimate of drug-likeness (QED) is 0.648. The van der Waals surface area contributed by atoms with Gasteiger partial charge in [-0.25, -0.2) is 0 Å². The maximum absolute atomic E-state index is 11.2. The van der Waals surface area contributed by atoms with Crippen LogP contribution in [0.2, 0.25) is 0 Å². The molecule has 4 heteroatoms. The molecule has 0 aliphatic rings. The Morgan fingerprint density at radius 3 is 2.15 bits per heavy atom. The van der Waals surface area contributed by atoms with E-state index in [9.17, 15) is 14.7 Å². The predicted octanol–water partition coefficient (Wildman–Crippen LogP) is 0.241. The molecule has 0 fully saturated rings. The average Bonchev–Trinajstić information content (AvgIpc) is 2.11. The molecule has 0 aromatic rings. The van der Waals surface area contributed by atoms with E-state index in [4.69, 9.17) is 0 Å². The van der Waals surface area contributed by atoms with Crippen molar-refractivity contribution >= 4 is 11.7 Å². The molecule has 4 nitrogen and oxygen atoms in total. The number of hydrogen-bond donors (Lipinski definition) is 2. The zero-order valence-corrected chi connectivity index (χ0v) is 8.33. The van der Waals surface area contributed by atoms with E-state index < -0.39 is 12.1 Å². The van der Waals surface area contributed by atoms with E-state index in [0.717, 1.165) is 0 Å². The van der Waals surface area contributed by atoms with Gasteiger partial charge in [0.25, 0.3) is 0 Å². The second kappa shape index (κ2) is 5.70. The Balaban J connectivity index is 4.26. The lowest BCUT2D eigenvalue weighted by molar-refractivity contribution is -0.129. The Hall–Kier alpha value is -0.900. The van der Waals surface area contributed by atoms with Crippen molar-refractivity contribution in [3.05, 3.63) is 0 Å². The van der Waals surface area contributed by atoms with E-state index >= 15 is 0 Å². The summed E-state index contributed by atoms with van der Waals surface area (Å²) in [6, 6.07) is -0.752. The van der Waals surface area contributed by atoms with Crippen LogP contribution >= 0.6 is 0 Å². The summed E-state index contributed by atoms with van der Waals surface area (Å²) in [6.45, 7) is 4.90. The average molecular weight is 187 g/mol. The van der Waals surface area contributed by atoms with Crippen LogP contribution in [0.5, 0.6) is 0 Å². The SMILES string of the molecule is CCC(=O)N[C@H](C(=O)CC)C(C)O. The minimum absolute atomic E-state index is 0.142. The van der Waals surface area contributed by atoms with Crippen LogP contribution < -0.4 is 5.32 Å². The molecule has 0 saturated heterocycles. The Kier molecular flexibility index (Phi) is 5.30. The molecule has 0 heterocycles. The number of rotatable bonds is 5. The van der Waals surface area contributed by atoms with Crippen molar-refractivity contribution in [2.75, 3.05) is 0 Å². The number of ketones is 1. The topological polar surface area (TPSA) is 66.4 Å². The molecule has 76 valence electrons. The highest BCUT2D eigenvalue weighted by molar-refractivity contribution is 5.89. The summed E-state index contributed by atoms with van der Waals surface area (Å²) >= 11 is 0. The molecular weight excluding hydrogens is 170 g/mol. The maximum Gasteiger partial charge on any atom is 0.220 e. The van der Waals surface area contributed by atoms with Crippen molar-refractivity contribution in [2.24, 2.45) is 0 Å². The fraction of sp³-hybridized carbons (Fsp3) is 0.778. The summed E-state index contributed by atoms with van der Waals surface area (Å²) in [7, 11) is 0. The van der Waals surface area contributed by atoms with E-state index in [-0.39, 0.29) is 11.7 Å². The van der Waals surface area contributed by atoms with Crippen LogP contribution in [0.15, 0.2) is 0 Å². The van der Waals surface area contributed by atoms with E-state index in [1.165, 1.54) is 6.92 Å². The van der Waals surface area contributed by atoms with Crippen LogP contribution in [-0.4, -0.2) is 28.9 Å². The Morgan fingerprint density at radius 1 is 1.31 bits per heavy atom. The van der Waals surface area contributed by atoms with Gasteiger partial charge < -0.3 is 10.4 Å². The molecule has 1 unspecified atom stereocenters. The van der Waals surface area contributed by atoms with Gasteiger partial charge in [0.2, 0.25) is 5.91 Å². The number of Topliss-reactive ketones (excluding diaryl/α,β-unsaturated/α-hetero) is 1.